The largest absolute Gasteiger partial charge is 0.466 e. The van der Waals surface area contributed by atoms with Gasteiger partial charge < -0.3 is 10.1 Å². The third kappa shape index (κ3) is 5.07. The zero-order valence-corrected chi connectivity index (χ0v) is 15.8. The molecule has 26 heavy (non-hydrogen) atoms. The molecule has 138 valence electrons. The molecule has 0 amide bonds. The average Bonchev–Trinajstić information content (AvgIpc) is 2.65. The summed E-state index contributed by atoms with van der Waals surface area (Å²) in [5.74, 6) is -0.221. The van der Waals surface area contributed by atoms with Crippen LogP contribution in [0.15, 0.2) is 54.6 Å². The highest BCUT2D eigenvalue weighted by Gasteiger charge is 2.27. The number of rotatable bonds is 6. The number of halogens is 1. The molecular weight excluding hydrogens is 348 g/mol. The smallest absolute Gasteiger partial charge is 0.302 e. The molecule has 1 heterocycles. The minimum atomic E-state index is -0.221. The number of carbonyl (C=O) groups is 1. The van der Waals surface area contributed by atoms with Crippen molar-refractivity contribution in [3.8, 4) is 0 Å². The first kappa shape index (κ1) is 18.9. The van der Waals surface area contributed by atoms with E-state index in [4.69, 9.17) is 16.3 Å². The Morgan fingerprint density at radius 1 is 1.19 bits per heavy atom. The van der Waals surface area contributed by atoms with Gasteiger partial charge in [0.2, 0.25) is 0 Å². The molecule has 2 aromatic carbocycles. The molecule has 5 heteroatoms. The molecule has 2 unspecified atom stereocenters. The van der Waals surface area contributed by atoms with Crippen LogP contribution in [0, 0.1) is 0 Å². The van der Waals surface area contributed by atoms with Crippen LogP contribution in [0.1, 0.15) is 30.5 Å². The number of hydrogen-bond acceptors (Lipinski definition) is 4. The van der Waals surface area contributed by atoms with Crippen molar-refractivity contribution in [2.24, 2.45) is 0 Å². The van der Waals surface area contributed by atoms with Crippen LogP contribution in [0.2, 0.25) is 5.02 Å². The van der Waals surface area contributed by atoms with Gasteiger partial charge >= 0.3 is 5.97 Å². The summed E-state index contributed by atoms with van der Waals surface area (Å²) >= 11 is 6.09. The van der Waals surface area contributed by atoms with Crippen molar-refractivity contribution in [1.29, 1.82) is 0 Å². The molecule has 0 aromatic heterocycles. The molecular formula is C21H25ClN2O2. The minimum absolute atomic E-state index is 0.187. The minimum Gasteiger partial charge on any atom is -0.466 e. The van der Waals surface area contributed by atoms with Crippen LogP contribution in [-0.4, -0.2) is 43.2 Å². The number of nitrogens with one attached hydrogen (secondary N) is 1. The van der Waals surface area contributed by atoms with Crippen LogP contribution in [-0.2, 0) is 9.53 Å². The van der Waals surface area contributed by atoms with E-state index in [1.54, 1.807) is 0 Å². The fraction of sp³-hybridized carbons (Fsp3) is 0.381. The maximum atomic E-state index is 11.0. The standard InChI is InChI=1S/C21H25ClN2O2/c1-16(25)26-14-11-20-15-24(13-12-23-20)21(17-5-3-2-4-6-17)18-7-9-19(22)10-8-18/h2-10,20-21,23H,11-15H2,1H3. The Bertz CT molecular complexity index is 706. The van der Waals surface area contributed by atoms with Gasteiger partial charge in [-0.1, -0.05) is 54.1 Å². The van der Waals surface area contributed by atoms with E-state index >= 15 is 0 Å². The van der Waals surface area contributed by atoms with Crippen LogP contribution in [0.4, 0.5) is 0 Å². The monoisotopic (exact) mass is 372 g/mol. The van der Waals surface area contributed by atoms with Crippen molar-refractivity contribution in [2.75, 3.05) is 26.2 Å². The van der Waals surface area contributed by atoms with E-state index in [2.05, 4.69) is 46.6 Å². The molecule has 0 saturated carbocycles. The van der Waals surface area contributed by atoms with Crippen LogP contribution in [0.25, 0.3) is 0 Å². The van der Waals surface area contributed by atoms with Crippen molar-refractivity contribution >= 4 is 17.6 Å². The van der Waals surface area contributed by atoms with Gasteiger partial charge in [-0.15, -0.1) is 0 Å². The molecule has 1 fully saturated rings. The number of piperazine rings is 1. The number of benzene rings is 2. The van der Waals surface area contributed by atoms with Crippen molar-refractivity contribution < 1.29 is 9.53 Å². The molecule has 2 atom stereocenters. The summed E-state index contributed by atoms with van der Waals surface area (Å²) in [5, 5.41) is 4.29. The Hall–Kier alpha value is -1.88. The second-order valence-corrected chi connectivity index (χ2v) is 7.08. The van der Waals surface area contributed by atoms with E-state index < -0.39 is 0 Å². The Labute approximate surface area is 160 Å². The summed E-state index contributed by atoms with van der Waals surface area (Å²) in [7, 11) is 0. The van der Waals surface area contributed by atoms with Crippen LogP contribution >= 0.6 is 11.6 Å². The van der Waals surface area contributed by atoms with Crippen LogP contribution in [0.5, 0.6) is 0 Å². The lowest BCUT2D eigenvalue weighted by Crippen LogP contribution is -2.52. The van der Waals surface area contributed by atoms with E-state index in [0.717, 1.165) is 31.1 Å². The van der Waals surface area contributed by atoms with Gasteiger partial charge in [0.1, 0.15) is 0 Å². The predicted octanol–water partition coefficient (Wildman–Crippen LogP) is 3.66. The number of carbonyl (C=O) groups excluding carboxylic acids is 1. The lowest BCUT2D eigenvalue weighted by atomic mass is 9.95. The van der Waals surface area contributed by atoms with E-state index in [0.29, 0.717) is 12.6 Å². The second-order valence-electron chi connectivity index (χ2n) is 6.64. The molecule has 3 rings (SSSR count). The fourth-order valence-corrected chi connectivity index (χ4v) is 3.64. The maximum Gasteiger partial charge on any atom is 0.302 e. The van der Waals surface area contributed by atoms with Crippen LogP contribution < -0.4 is 5.32 Å². The first-order chi connectivity index (χ1) is 12.6. The third-order valence-corrected chi connectivity index (χ3v) is 4.98. The molecule has 0 bridgehead atoms. The maximum absolute atomic E-state index is 11.0. The van der Waals surface area contributed by atoms with E-state index in [1.807, 2.05) is 18.2 Å². The molecule has 2 aromatic rings. The fourth-order valence-electron chi connectivity index (χ4n) is 3.52. The first-order valence-electron chi connectivity index (χ1n) is 9.04. The Kier molecular flexibility index (Phi) is 6.67. The molecule has 0 spiro atoms. The molecule has 0 radical (unpaired) electrons. The average molecular weight is 373 g/mol. The summed E-state index contributed by atoms with van der Waals surface area (Å²) in [4.78, 5) is 13.5. The van der Waals surface area contributed by atoms with Crippen molar-refractivity contribution in [3.63, 3.8) is 0 Å². The quantitative estimate of drug-likeness (QED) is 0.786. The molecule has 4 nitrogen and oxygen atoms in total. The summed E-state index contributed by atoms with van der Waals surface area (Å²) in [5.41, 5.74) is 2.51. The lowest BCUT2D eigenvalue weighted by molar-refractivity contribution is -0.141. The SMILES string of the molecule is CC(=O)OCCC1CN(C(c2ccccc2)c2ccc(Cl)cc2)CCN1. The second kappa shape index (κ2) is 9.17. The molecule has 1 aliphatic heterocycles. The third-order valence-electron chi connectivity index (χ3n) is 4.72. The van der Waals surface area contributed by atoms with E-state index in [-0.39, 0.29) is 12.0 Å². The zero-order valence-electron chi connectivity index (χ0n) is 15.0. The molecule has 0 aliphatic carbocycles. The Morgan fingerprint density at radius 3 is 2.58 bits per heavy atom. The van der Waals surface area contributed by atoms with Gasteiger partial charge in [-0.3, -0.25) is 9.69 Å². The van der Waals surface area contributed by atoms with Gasteiger partial charge in [0.25, 0.3) is 0 Å². The highest BCUT2D eigenvalue weighted by Crippen LogP contribution is 2.30. The number of nitrogens with zero attached hydrogens (tertiary/aromatic N) is 1. The summed E-state index contributed by atoms with van der Waals surface area (Å²) in [6.45, 7) is 4.70. The van der Waals surface area contributed by atoms with Crippen molar-refractivity contribution in [1.82, 2.24) is 10.2 Å². The van der Waals surface area contributed by atoms with Crippen molar-refractivity contribution in [2.45, 2.75) is 25.4 Å². The topological polar surface area (TPSA) is 41.6 Å². The van der Waals surface area contributed by atoms with Gasteiger partial charge in [-0.05, 0) is 29.7 Å². The number of ether oxygens (including phenoxy) is 1. The lowest BCUT2D eigenvalue weighted by Gasteiger charge is -2.39. The Balaban J connectivity index is 1.78. The zero-order chi connectivity index (χ0) is 18.4. The van der Waals surface area contributed by atoms with Crippen LogP contribution in [0.3, 0.4) is 0 Å². The van der Waals surface area contributed by atoms with Gasteiger partial charge in [-0.25, -0.2) is 0 Å². The summed E-state index contributed by atoms with van der Waals surface area (Å²) in [6.07, 6.45) is 0.818. The first-order valence-corrected chi connectivity index (χ1v) is 9.42. The highest BCUT2D eigenvalue weighted by molar-refractivity contribution is 6.30. The van der Waals surface area contributed by atoms with Crippen molar-refractivity contribution in [3.05, 3.63) is 70.7 Å². The van der Waals surface area contributed by atoms with E-state index in [1.165, 1.54) is 18.1 Å². The summed E-state index contributed by atoms with van der Waals surface area (Å²) in [6, 6.07) is 19.2. The molecule has 1 aliphatic rings. The molecule has 1 N–H and O–H groups in total. The van der Waals surface area contributed by atoms with E-state index in [9.17, 15) is 4.79 Å². The highest BCUT2D eigenvalue weighted by atomic mass is 35.5. The Morgan fingerprint density at radius 2 is 1.88 bits per heavy atom. The van der Waals surface area contributed by atoms with Gasteiger partial charge in [-0.2, -0.15) is 0 Å². The van der Waals surface area contributed by atoms with Gasteiger partial charge in [0.15, 0.2) is 0 Å². The predicted molar refractivity (Wildman–Crippen MR) is 104 cm³/mol. The number of esters is 1. The van der Waals surface area contributed by atoms with Gasteiger partial charge in [0, 0.05) is 37.6 Å². The normalized spacial score (nSPS) is 19.1. The number of hydrogen-bond donors (Lipinski definition) is 1. The summed E-state index contributed by atoms with van der Waals surface area (Å²) < 4.78 is 5.11. The molecule has 1 saturated heterocycles. The van der Waals surface area contributed by atoms with Gasteiger partial charge in [0.05, 0.1) is 12.6 Å².